The summed E-state index contributed by atoms with van der Waals surface area (Å²) in [5.74, 6) is 0. The van der Waals surface area contributed by atoms with Gasteiger partial charge < -0.3 is 0 Å². The van der Waals surface area contributed by atoms with Crippen LogP contribution in [0.1, 0.15) is 37.8 Å². The molecule has 100 valence electrons. The molecule has 1 unspecified atom stereocenters. The molecule has 1 atom stereocenters. The first kappa shape index (κ1) is 13.9. The van der Waals surface area contributed by atoms with Crippen molar-refractivity contribution in [1.82, 2.24) is 5.32 Å². The van der Waals surface area contributed by atoms with Crippen LogP contribution in [0.4, 0.5) is 13.2 Å². The summed E-state index contributed by atoms with van der Waals surface area (Å²) in [5.41, 5.74) is -0.753. The highest BCUT2D eigenvalue weighted by molar-refractivity contribution is 9.10. The van der Waals surface area contributed by atoms with Crippen molar-refractivity contribution in [2.75, 3.05) is 0 Å². The van der Waals surface area contributed by atoms with E-state index in [1.165, 1.54) is 0 Å². The molecule has 5 heteroatoms. The highest BCUT2D eigenvalue weighted by atomic mass is 79.9. The summed E-state index contributed by atoms with van der Waals surface area (Å²) < 4.78 is 39.6. The molecule has 1 saturated carbocycles. The number of rotatable bonds is 4. The number of hydrogen-bond donors (Lipinski definition) is 1. The van der Waals surface area contributed by atoms with E-state index in [0.29, 0.717) is 6.42 Å². The van der Waals surface area contributed by atoms with E-state index < -0.39 is 11.7 Å². The summed E-state index contributed by atoms with van der Waals surface area (Å²) in [6, 6.07) is 7.18. The Kier molecular flexibility index (Phi) is 3.74. The average molecular weight is 322 g/mol. The second kappa shape index (κ2) is 4.85. The van der Waals surface area contributed by atoms with E-state index in [9.17, 15) is 13.2 Å². The van der Waals surface area contributed by atoms with Crippen molar-refractivity contribution in [3.8, 4) is 0 Å². The zero-order valence-electron chi connectivity index (χ0n) is 10.0. The smallest absolute Gasteiger partial charge is 0.297 e. The zero-order chi connectivity index (χ0) is 13.4. The van der Waals surface area contributed by atoms with Gasteiger partial charge in [0.2, 0.25) is 0 Å². The Morgan fingerprint density at radius 3 is 2.22 bits per heavy atom. The number of benzene rings is 1. The molecule has 0 amide bonds. The third-order valence-corrected chi connectivity index (χ3v) is 3.95. The van der Waals surface area contributed by atoms with Gasteiger partial charge in [0.1, 0.15) is 5.54 Å². The van der Waals surface area contributed by atoms with Crippen LogP contribution < -0.4 is 5.32 Å². The third-order valence-electron chi connectivity index (χ3n) is 3.42. The Morgan fingerprint density at radius 2 is 1.83 bits per heavy atom. The van der Waals surface area contributed by atoms with Gasteiger partial charge in [0.05, 0.1) is 0 Å². The molecule has 0 aliphatic heterocycles. The second-order valence-corrected chi connectivity index (χ2v) is 5.65. The molecule has 1 aliphatic rings. The fourth-order valence-corrected chi connectivity index (χ4v) is 2.35. The molecular formula is C13H15BrF3N. The van der Waals surface area contributed by atoms with E-state index in [1.54, 1.807) is 0 Å². The molecule has 0 bridgehead atoms. The van der Waals surface area contributed by atoms with Crippen LogP contribution >= 0.6 is 15.9 Å². The fourth-order valence-electron chi connectivity index (χ4n) is 2.08. The average Bonchev–Trinajstić information content (AvgIpc) is 3.07. The third kappa shape index (κ3) is 2.72. The van der Waals surface area contributed by atoms with Crippen molar-refractivity contribution in [2.24, 2.45) is 0 Å². The quantitative estimate of drug-likeness (QED) is 0.855. The van der Waals surface area contributed by atoms with Gasteiger partial charge in [0.15, 0.2) is 0 Å². The van der Waals surface area contributed by atoms with Crippen LogP contribution in [0.5, 0.6) is 0 Å². The standard InChI is InChI=1S/C13H15BrF3N/c1-2-11(9-3-5-10(14)6-4-9)18-12(7-8-12)13(15,16)17/h3-6,11,18H,2,7-8H2,1H3. The number of hydrogen-bond acceptors (Lipinski definition) is 1. The molecule has 1 aromatic rings. The lowest BCUT2D eigenvalue weighted by Crippen LogP contribution is -2.46. The monoisotopic (exact) mass is 321 g/mol. The predicted molar refractivity (Wildman–Crippen MR) is 68.3 cm³/mol. The summed E-state index contributed by atoms with van der Waals surface area (Å²) in [4.78, 5) is 0. The number of nitrogens with one attached hydrogen (secondary N) is 1. The van der Waals surface area contributed by atoms with Crippen molar-refractivity contribution >= 4 is 15.9 Å². The summed E-state index contributed by atoms with van der Waals surface area (Å²) >= 11 is 3.32. The lowest BCUT2D eigenvalue weighted by atomic mass is 10.0. The zero-order valence-corrected chi connectivity index (χ0v) is 11.6. The molecule has 18 heavy (non-hydrogen) atoms. The Morgan fingerprint density at radius 1 is 1.28 bits per heavy atom. The van der Waals surface area contributed by atoms with Gasteiger partial charge in [-0.3, -0.25) is 5.32 Å². The minimum Gasteiger partial charge on any atom is -0.297 e. The van der Waals surface area contributed by atoms with Gasteiger partial charge in [-0.25, -0.2) is 0 Å². The second-order valence-electron chi connectivity index (χ2n) is 4.74. The minimum atomic E-state index is -4.16. The SMILES string of the molecule is CCC(NC1(C(F)(F)F)CC1)c1ccc(Br)cc1. The van der Waals surface area contributed by atoms with Crippen LogP contribution in [0.25, 0.3) is 0 Å². The lowest BCUT2D eigenvalue weighted by molar-refractivity contribution is -0.168. The predicted octanol–water partition coefficient (Wildman–Crippen LogP) is 4.58. The van der Waals surface area contributed by atoms with Gasteiger partial charge in [-0.1, -0.05) is 35.0 Å². The van der Waals surface area contributed by atoms with Gasteiger partial charge in [-0.15, -0.1) is 0 Å². The van der Waals surface area contributed by atoms with Crippen LogP contribution in [0, 0.1) is 0 Å². The van der Waals surface area contributed by atoms with Crippen LogP contribution in [0.3, 0.4) is 0 Å². The van der Waals surface area contributed by atoms with Crippen molar-refractivity contribution in [3.05, 3.63) is 34.3 Å². The van der Waals surface area contributed by atoms with Crippen LogP contribution in [-0.4, -0.2) is 11.7 Å². The van der Waals surface area contributed by atoms with Gasteiger partial charge in [-0.05, 0) is 37.0 Å². The molecule has 0 saturated heterocycles. The Bertz CT molecular complexity index is 409. The summed E-state index contributed by atoms with van der Waals surface area (Å²) in [6.07, 6.45) is -3.15. The maximum absolute atomic E-state index is 12.9. The van der Waals surface area contributed by atoms with Gasteiger partial charge in [0, 0.05) is 10.5 Å². The fraction of sp³-hybridized carbons (Fsp3) is 0.538. The van der Waals surface area contributed by atoms with Crippen molar-refractivity contribution in [2.45, 2.75) is 43.9 Å². The molecule has 1 nitrogen and oxygen atoms in total. The van der Waals surface area contributed by atoms with E-state index in [1.807, 2.05) is 31.2 Å². The maximum atomic E-state index is 12.9. The minimum absolute atomic E-state index is 0.184. The van der Waals surface area contributed by atoms with Crippen LogP contribution in [-0.2, 0) is 0 Å². The lowest BCUT2D eigenvalue weighted by Gasteiger charge is -2.27. The molecule has 2 rings (SSSR count). The van der Waals surface area contributed by atoms with Crippen LogP contribution in [0.15, 0.2) is 28.7 Å². The number of alkyl halides is 3. The Hall–Kier alpha value is -0.550. The Labute approximate surface area is 113 Å². The molecule has 0 radical (unpaired) electrons. The highest BCUT2D eigenvalue weighted by Gasteiger charge is 2.63. The molecule has 1 N–H and O–H groups in total. The molecule has 0 aromatic heterocycles. The normalized spacial score (nSPS) is 19.6. The molecule has 1 aromatic carbocycles. The maximum Gasteiger partial charge on any atom is 0.406 e. The molecule has 0 spiro atoms. The summed E-state index contributed by atoms with van der Waals surface area (Å²) in [6.45, 7) is 1.90. The number of halogens is 4. The molecule has 1 fully saturated rings. The van der Waals surface area contributed by atoms with E-state index in [-0.39, 0.29) is 18.9 Å². The van der Waals surface area contributed by atoms with Crippen LogP contribution in [0.2, 0.25) is 0 Å². The largest absolute Gasteiger partial charge is 0.406 e. The topological polar surface area (TPSA) is 12.0 Å². The first-order valence-corrected chi connectivity index (χ1v) is 6.77. The van der Waals surface area contributed by atoms with E-state index in [4.69, 9.17) is 0 Å². The van der Waals surface area contributed by atoms with Crippen molar-refractivity contribution < 1.29 is 13.2 Å². The Balaban J connectivity index is 2.13. The molecular weight excluding hydrogens is 307 g/mol. The first-order valence-electron chi connectivity index (χ1n) is 5.98. The summed E-state index contributed by atoms with van der Waals surface area (Å²) in [5, 5.41) is 2.79. The van der Waals surface area contributed by atoms with Gasteiger partial charge in [-0.2, -0.15) is 13.2 Å². The highest BCUT2D eigenvalue weighted by Crippen LogP contribution is 2.50. The van der Waals surface area contributed by atoms with Crippen molar-refractivity contribution in [1.29, 1.82) is 0 Å². The molecule has 1 aliphatic carbocycles. The van der Waals surface area contributed by atoms with E-state index in [2.05, 4.69) is 21.2 Å². The van der Waals surface area contributed by atoms with Crippen molar-refractivity contribution in [3.63, 3.8) is 0 Å². The van der Waals surface area contributed by atoms with Gasteiger partial charge in [0.25, 0.3) is 0 Å². The van der Waals surface area contributed by atoms with E-state index in [0.717, 1.165) is 10.0 Å². The summed E-state index contributed by atoms with van der Waals surface area (Å²) in [7, 11) is 0. The van der Waals surface area contributed by atoms with Gasteiger partial charge >= 0.3 is 6.18 Å². The first-order chi connectivity index (χ1) is 8.38. The molecule has 0 heterocycles. The van der Waals surface area contributed by atoms with E-state index >= 15 is 0 Å².